The number of benzene rings is 1. The molecule has 1 fully saturated rings. The van der Waals surface area contributed by atoms with Gasteiger partial charge < -0.3 is 15.2 Å². The van der Waals surface area contributed by atoms with E-state index < -0.39 is 12.0 Å². The number of hydrogen-bond acceptors (Lipinski definition) is 3. The second-order valence-electron chi connectivity index (χ2n) is 9.42. The standard InChI is InChI=1S/C28H33ClIN3O3/c1-5-6-7-23(32-27(35)18(4)19-8-10-20(11-9-19)26(29)30)21-14-15-33(24(34)16-21)25(17(2)3)28(36)31-22-12-13-22/h5-11,14-18,22,25-26H,12-13H2,1-4H3,(H,31,36)(H,32,35)/b6-5-,23-7+/t18-,25+,26+/m0/s1. The SMILES string of the molecule is C/C=C\C=C(\NC(=O)[C@@H](C)c1ccc([C@H](Cl)I)cc1)c1ccn([C@@H](C(=O)NC2CC2)C(C)C)c(=O)c1. The first-order chi connectivity index (χ1) is 17.1. The van der Waals surface area contributed by atoms with E-state index in [2.05, 4.69) is 33.2 Å². The topological polar surface area (TPSA) is 80.2 Å². The third kappa shape index (κ3) is 7.32. The van der Waals surface area contributed by atoms with Gasteiger partial charge in [-0.25, -0.2) is 0 Å². The molecule has 1 aromatic heterocycles. The lowest BCUT2D eigenvalue weighted by Crippen LogP contribution is -2.40. The van der Waals surface area contributed by atoms with Gasteiger partial charge in [-0.1, -0.05) is 72.9 Å². The van der Waals surface area contributed by atoms with Crippen molar-refractivity contribution in [3.05, 3.63) is 87.9 Å². The lowest BCUT2D eigenvalue weighted by molar-refractivity contribution is -0.125. The molecule has 0 bridgehead atoms. The zero-order valence-electron chi connectivity index (χ0n) is 21.0. The van der Waals surface area contributed by atoms with Gasteiger partial charge in [-0.2, -0.15) is 0 Å². The average molecular weight is 622 g/mol. The Balaban J connectivity index is 1.83. The number of hydrogen-bond donors (Lipinski definition) is 2. The molecule has 2 N–H and O–H groups in total. The molecule has 1 saturated carbocycles. The second-order valence-corrected chi connectivity index (χ2v) is 11.8. The molecule has 1 aliphatic rings. The number of nitrogens with one attached hydrogen (secondary N) is 2. The van der Waals surface area contributed by atoms with Crippen LogP contribution in [0.4, 0.5) is 0 Å². The van der Waals surface area contributed by atoms with Crippen molar-refractivity contribution in [3.63, 3.8) is 0 Å². The zero-order chi connectivity index (χ0) is 26.4. The highest BCUT2D eigenvalue weighted by molar-refractivity contribution is 14.1. The van der Waals surface area contributed by atoms with Crippen LogP contribution in [0.2, 0.25) is 0 Å². The van der Waals surface area contributed by atoms with Crippen molar-refractivity contribution in [1.29, 1.82) is 0 Å². The Bertz CT molecular complexity index is 1200. The minimum absolute atomic E-state index is 0.0569. The average Bonchev–Trinajstić information content (AvgIpc) is 3.66. The molecule has 6 nitrogen and oxygen atoms in total. The fourth-order valence-corrected chi connectivity index (χ4v) is 4.44. The summed E-state index contributed by atoms with van der Waals surface area (Å²) in [6.07, 6.45) is 9.02. The predicted molar refractivity (Wildman–Crippen MR) is 154 cm³/mol. The molecule has 36 heavy (non-hydrogen) atoms. The van der Waals surface area contributed by atoms with Gasteiger partial charge in [-0.05, 0) is 55.9 Å². The van der Waals surface area contributed by atoms with Gasteiger partial charge in [0.2, 0.25) is 11.8 Å². The maximum Gasteiger partial charge on any atom is 0.251 e. The summed E-state index contributed by atoms with van der Waals surface area (Å²) in [6.45, 7) is 7.57. The van der Waals surface area contributed by atoms with Crippen LogP contribution in [0.1, 0.15) is 72.6 Å². The van der Waals surface area contributed by atoms with E-state index in [1.807, 2.05) is 64.1 Å². The highest BCUT2D eigenvalue weighted by atomic mass is 127. The summed E-state index contributed by atoms with van der Waals surface area (Å²) in [5.74, 6) is -0.793. The Hall–Kier alpha value is -2.39. The highest BCUT2D eigenvalue weighted by Gasteiger charge is 2.30. The summed E-state index contributed by atoms with van der Waals surface area (Å²) in [4.78, 5) is 39.0. The van der Waals surface area contributed by atoms with Crippen LogP contribution in [0.25, 0.3) is 5.70 Å². The molecule has 8 heteroatoms. The molecule has 2 aromatic rings. The highest BCUT2D eigenvalue weighted by Crippen LogP contribution is 2.29. The van der Waals surface area contributed by atoms with Crippen LogP contribution in [0.15, 0.2) is 65.6 Å². The summed E-state index contributed by atoms with van der Waals surface area (Å²) in [7, 11) is 0. The fraction of sp³-hybridized carbons (Fsp3) is 0.393. The first kappa shape index (κ1) is 28.2. The maximum absolute atomic E-state index is 13.1. The molecule has 1 aromatic carbocycles. The molecular weight excluding hydrogens is 589 g/mol. The summed E-state index contributed by atoms with van der Waals surface area (Å²) >= 11 is 8.26. The van der Waals surface area contributed by atoms with Crippen molar-refractivity contribution < 1.29 is 9.59 Å². The molecule has 1 heterocycles. The maximum atomic E-state index is 13.1. The first-order valence-electron chi connectivity index (χ1n) is 12.2. The van der Waals surface area contributed by atoms with Crippen molar-refractivity contribution in [1.82, 2.24) is 15.2 Å². The van der Waals surface area contributed by atoms with Crippen LogP contribution in [-0.4, -0.2) is 22.4 Å². The van der Waals surface area contributed by atoms with E-state index in [9.17, 15) is 14.4 Å². The third-order valence-corrected chi connectivity index (χ3v) is 7.15. The monoisotopic (exact) mass is 621 g/mol. The summed E-state index contributed by atoms with van der Waals surface area (Å²) in [6, 6.07) is 10.5. The number of carbonyl (C=O) groups is 2. The number of allylic oxidation sites excluding steroid dienone is 3. The molecule has 2 amide bonds. The van der Waals surface area contributed by atoms with E-state index >= 15 is 0 Å². The molecule has 0 spiro atoms. The van der Waals surface area contributed by atoms with Gasteiger partial charge in [0.15, 0.2) is 0 Å². The quantitative estimate of drug-likeness (QED) is 0.199. The number of rotatable bonds is 10. The van der Waals surface area contributed by atoms with Gasteiger partial charge >= 0.3 is 0 Å². The minimum Gasteiger partial charge on any atom is -0.352 e. The summed E-state index contributed by atoms with van der Waals surface area (Å²) < 4.78 is 1.34. The lowest BCUT2D eigenvalue weighted by Gasteiger charge is -2.23. The van der Waals surface area contributed by atoms with Crippen molar-refractivity contribution in [2.75, 3.05) is 0 Å². The molecule has 0 aliphatic heterocycles. The van der Waals surface area contributed by atoms with Crippen molar-refractivity contribution in [3.8, 4) is 0 Å². The predicted octanol–water partition coefficient (Wildman–Crippen LogP) is 5.83. The molecule has 0 radical (unpaired) electrons. The molecule has 1 aliphatic carbocycles. The number of aromatic nitrogens is 1. The Kier molecular flexibility index (Phi) is 9.96. The lowest BCUT2D eigenvalue weighted by atomic mass is 9.98. The summed E-state index contributed by atoms with van der Waals surface area (Å²) in [5.41, 5.74) is 2.64. The molecule has 0 unspecified atom stereocenters. The fourth-order valence-electron chi connectivity index (χ4n) is 3.88. The van der Waals surface area contributed by atoms with Gasteiger partial charge in [0.25, 0.3) is 5.56 Å². The molecule has 3 atom stereocenters. The van der Waals surface area contributed by atoms with Gasteiger partial charge in [0.05, 0.1) is 5.92 Å². The number of halogens is 2. The van der Waals surface area contributed by atoms with Crippen LogP contribution >= 0.6 is 34.2 Å². The number of carbonyl (C=O) groups excluding carboxylic acids is 2. The van der Waals surface area contributed by atoms with Crippen LogP contribution < -0.4 is 16.2 Å². The first-order valence-corrected chi connectivity index (χ1v) is 13.8. The van der Waals surface area contributed by atoms with E-state index in [-0.39, 0.29) is 32.7 Å². The van der Waals surface area contributed by atoms with Crippen molar-refractivity contribution in [2.24, 2.45) is 5.92 Å². The summed E-state index contributed by atoms with van der Waals surface area (Å²) in [5, 5.41) is 5.98. The Morgan fingerprint density at radius 1 is 1.08 bits per heavy atom. The number of nitrogens with zero attached hydrogens (tertiary/aromatic N) is 1. The largest absolute Gasteiger partial charge is 0.352 e. The second kappa shape index (κ2) is 12.7. The number of pyridine rings is 1. The van der Waals surface area contributed by atoms with Gasteiger partial charge in [0, 0.05) is 29.6 Å². The third-order valence-electron chi connectivity index (χ3n) is 6.18. The number of alkyl halides is 2. The molecule has 3 rings (SSSR count). The van der Waals surface area contributed by atoms with Crippen LogP contribution in [0.5, 0.6) is 0 Å². The minimum atomic E-state index is -0.595. The zero-order valence-corrected chi connectivity index (χ0v) is 23.9. The smallest absolute Gasteiger partial charge is 0.251 e. The van der Waals surface area contributed by atoms with Gasteiger partial charge in [0.1, 0.15) is 9.43 Å². The van der Waals surface area contributed by atoms with Crippen molar-refractivity contribution in [2.45, 2.75) is 61.9 Å². The Morgan fingerprint density at radius 3 is 2.25 bits per heavy atom. The van der Waals surface area contributed by atoms with E-state index in [0.29, 0.717) is 11.3 Å². The van der Waals surface area contributed by atoms with E-state index in [1.54, 1.807) is 18.3 Å². The van der Waals surface area contributed by atoms with Gasteiger partial charge in [-0.3, -0.25) is 14.4 Å². The molecular formula is C28H33ClIN3O3. The Morgan fingerprint density at radius 2 is 1.72 bits per heavy atom. The van der Waals surface area contributed by atoms with E-state index in [0.717, 1.165) is 24.0 Å². The van der Waals surface area contributed by atoms with Crippen LogP contribution in [-0.2, 0) is 9.59 Å². The molecule has 192 valence electrons. The van der Waals surface area contributed by atoms with Crippen molar-refractivity contribution >= 4 is 51.7 Å². The van der Waals surface area contributed by atoms with E-state index in [1.165, 1.54) is 10.6 Å². The van der Waals surface area contributed by atoms with E-state index in [4.69, 9.17) is 11.6 Å². The normalized spacial score (nSPS) is 16.6. The molecule has 0 saturated heterocycles. The van der Waals surface area contributed by atoms with Gasteiger partial charge in [-0.15, -0.1) is 11.6 Å². The number of amides is 2. The van der Waals surface area contributed by atoms with Crippen LogP contribution in [0.3, 0.4) is 0 Å². The Labute approximate surface area is 231 Å². The van der Waals surface area contributed by atoms with Crippen LogP contribution in [0, 0.1) is 5.92 Å².